The Labute approximate surface area is 142 Å². The van der Waals surface area contributed by atoms with Crippen molar-refractivity contribution in [2.45, 2.75) is 43.9 Å². The summed E-state index contributed by atoms with van der Waals surface area (Å²) in [6, 6.07) is 0.127. The van der Waals surface area contributed by atoms with E-state index in [1.807, 2.05) is 11.8 Å². The largest absolute Gasteiger partial charge is 0.355 e. The zero-order valence-corrected chi connectivity index (χ0v) is 14.7. The molecule has 1 heterocycles. The monoisotopic (exact) mass is 341 g/mol. The highest BCUT2D eigenvalue weighted by Crippen LogP contribution is 2.28. The summed E-state index contributed by atoms with van der Waals surface area (Å²) in [5.41, 5.74) is 0. The first-order valence-electron chi connectivity index (χ1n) is 8.31. The van der Waals surface area contributed by atoms with E-state index in [9.17, 15) is 9.59 Å². The van der Waals surface area contributed by atoms with Crippen molar-refractivity contribution in [1.82, 2.24) is 20.9 Å². The number of nitrogens with one attached hydrogen (secondary N) is 3. The summed E-state index contributed by atoms with van der Waals surface area (Å²) in [6.45, 7) is 3.16. The number of carbonyl (C=O) groups is 2. The predicted octanol–water partition coefficient (Wildman–Crippen LogP) is 0.768. The third-order valence-corrected chi connectivity index (χ3v) is 5.39. The molecule has 8 heteroatoms. The van der Waals surface area contributed by atoms with Crippen LogP contribution < -0.4 is 16.0 Å². The van der Waals surface area contributed by atoms with Gasteiger partial charge in [0.1, 0.15) is 0 Å². The van der Waals surface area contributed by atoms with Gasteiger partial charge in [-0.3, -0.25) is 14.7 Å². The van der Waals surface area contributed by atoms with Crippen LogP contribution >= 0.6 is 11.8 Å². The number of urea groups is 1. The Kier molecular flexibility index (Phi) is 7.01. The molecule has 7 nitrogen and oxygen atoms in total. The Morgan fingerprint density at radius 2 is 2.26 bits per heavy atom. The van der Waals surface area contributed by atoms with Gasteiger partial charge in [-0.2, -0.15) is 11.8 Å². The molecule has 2 rings (SSSR count). The summed E-state index contributed by atoms with van der Waals surface area (Å²) in [6.07, 6.45) is 4.87. The molecule has 1 saturated carbocycles. The van der Waals surface area contributed by atoms with Gasteiger partial charge >= 0.3 is 6.03 Å². The van der Waals surface area contributed by atoms with Crippen molar-refractivity contribution in [3.8, 4) is 0 Å². The third-order valence-electron chi connectivity index (χ3n) is 4.16. The average Bonchev–Trinajstić information content (AvgIpc) is 2.86. The lowest BCUT2D eigenvalue weighted by molar-refractivity contribution is -0.124. The standard InChI is InChI=1S/C15H27N5O2S/c1-3-23-12-6-4-5-11(9-12)19-14(16-2)17-7-8-20-13(21)10-18-15(20)22/h11-12H,3-10H2,1-2H3,(H,18,22)(H2,16,17,19). The van der Waals surface area contributed by atoms with Gasteiger partial charge in [0, 0.05) is 31.4 Å². The molecular weight excluding hydrogens is 314 g/mol. The molecule has 2 aliphatic rings. The van der Waals surface area contributed by atoms with Crippen LogP contribution in [-0.2, 0) is 4.79 Å². The first kappa shape index (κ1) is 17.9. The van der Waals surface area contributed by atoms with Crippen LogP contribution in [0.2, 0.25) is 0 Å². The smallest absolute Gasteiger partial charge is 0.324 e. The van der Waals surface area contributed by atoms with Gasteiger partial charge in [-0.25, -0.2) is 4.79 Å². The molecule has 0 bridgehead atoms. The topological polar surface area (TPSA) is 85.8 Å². The predicted molar refractivity (Wildman–Crippen MR) is 93.8 cm³/mol. The van der Waals surface area contributed by atoms with Crippen LogP contribution in [-0.4, -0.2) is 66.5 Å². The molecule has 1 aliphatic carbocycles. The van der Waals surface area contributed by atoms with E-state index in [4.69, 9.17) is 0 Å². The lowest BCUT2D eigenvalue weighted by Crippen LogP contribution is -2.48. The third kappa shape index (κ3) is 5.30. The van der Waals surface area contributed by atoms with Crippen LogP contribution in [0, 0.1) is 0 Å². The Morgan fingerprint density at radius 3 is 2.91 bits per heavy atom. The van der Waals surface area contributed by atoms with Crippen molar-refractivity contribution in [3.05, 3.63) is 0 Å². The van der Waals surface area contributed by atoms with Crippen molar-refractivity contribution in [2.75, 3.05) is 32.4 Å². The molecule has 2 atom stereocenters. The second-order valence-corrected chi connectivity index (χ2v) is 7.37. The van der Waals surface area contributed by atoms with Crippen molar-refractivity contribution < 1.29 is 9.59 Å². The molecule has 2 fully saturated rings. The minimum absolute atomic E-state index is 0.102. The molecule has 0 aromatic heterocycles. The fraction of sp³-hybridized carbons (Fsp3) is 0.800. The summed E-state index contributed by atoms with van der Waals surface area (Å²) in [7, 11) is 1.74. The first-order valence-corrected chi connectivity index (χ1v) is 9.36. The number of carbonyl (C=O) groups excluding carboxylic acids is 2. The maximum absolute atomic E-state index is 11.5. The van der Waals surface area contributed by atoms with E-state index in [0.29, 0.717) is 19.1 Å². The Morgan fingerprint density at radius 1 is 1.43 bits per heavy atom. The summed E-state index contributed by atoms with van der Waals surface area (Å²) < 4.78 is 0. The average molecular weight is 341 g/mol. The van der Waals surface area contributed by atoms with Gasteiger partial charge in [-0.05, 0) is 25.0 Å². The number of thioether (sulfide) groups is 1. The van der Waals surface area contributed by atoms with E-state index in [1.54, 1.807) is 7.05 Å². The summed E-state index contributed by atoms with van der Waals surface area (Å²) in [4.78, 5) is 28.4. The zero-order valence-electron chi connectivity index (χ0n) is 13.9. The molecule has 23 heavy (non-hydrogen) atoms. The van der Waals surface area contributed by atoms with Crippen molar-refractivity contribution in [1.29, 1.82) is 0 Å². The van der Waals surface area contributed by atoms with Crippen molar-refractivity contribution >= 4 is 29.7 Å². The highest BCUT2D eigenvalue weighted by molar-refractivity contribution is 7.99. The molecule has 130 valence electrons. The molecule has 1 aliphatic heterocycles. The second kappa shape index (κ2) is 9.00. The fourth-order valence-corrected chi connectivity index (χ4v) is 4.19. The second-order valence-electron chi connectivity index (χ2n) is 5.79. The van der Waals surface area contributed by atoms with E-state index in [1.165, 1.54) is 17.7 Å². The van der Waals surface area contributed by atoms with Gasteiger partial charge in [0.25, 0.3) is 0 Å². The lowest BCUT2D eigenvalue weighted by Gasteiger charge is -2.30. The summed E-state index contributed by atoms with van der Waals surface area (Å²) in [5.74, 6) is 1.73. The maximum atomic E-state index is 11.5. The normalized spacial score (nSPS) is 25.5. The van der Waals surface area contributed by atoms with Gasteiger partial charge in [-0.1, -0.05) is 13.3 Å². The van der Waals surface area contributed by atoms with Gasteiger partial charge in [-0.15, -0.1) is 0 Å². The number of hydrogen-bond acceptors (Lipinski definition) is 4. The minimum Gasteiger partial charge on any atom is -0.355 e. The molecule has 0 aromatic rings. The van der Waals surface area contributed by atoms with Gasteiger partial charge in [0.2, 0.25) is 5.91 Å². The van der Waals surface area contributed by atoms with E-state index in [-0.39, 0.29) is 18.5 Å². The van der Waals surface area contributed by atoms with Crippen molar-refractivity contribution in [3.63, 3.8) is 0 Å². The van der Waals surface area contributed by atoms with Gasteiger partial charge in [0.05, 0.1) is 6.54 Å². The van der Waals surface area contributed by atoms with Crippen LogP contribution in [0.25, 0.3) is 0 Å². The quantitative estimate of drug-likeness (QED) is 0.377. The SMILES string of the molecule is CCSC1CCCC(NC(=NC)NCCN2C(=O)CNC2=O)C1. The number of aliphatic imine (C=N–C) groups is 1. The van der Waals surface area contributed by atoms with E-state index >= 15 is 0 Å². The number of rotatable bonds is 6. The fourth-order valence-electron chi connectivity index (χ4n) is 3.02. The molecule has 0 aromatic carbocycles. The molecule has 0 radical (unpaired) electrons. The van der Waals surface area contributed by atoms with Crippen molar-refractivity contribution in [2.24, 2.45) is 4.99 Å². The Bertz CT molecular complexity index is 439. The van der Waals surface area contributed by atoms with Crippen LogP contribution in [0.3, 0.4) is 0 Å². The molecular formula is C15H27N5O2S. The zero-order chi connectivity index (χ0) is 16.7. The number of hydrogen-bond donors (Lipinski definition) is 3. The summed E-state index contributed by atoms with van der Waals surface area (Å²) >= 11 is 2.04. The molecule has 0 spiro atoms. The summed E-state index contributed by atoms with van der Waals surface area (Å²) in [5, 5.41) is 9.90. The maximum Gasteiger partial charge on any atom is 0.324 e. The van der Waals surface area contributed by atoms with E-state index < -0.39 is 0 Å². The Hall–Kier alpha value is -1.44. The highest BCUT2D eigenvalue weighted by atomic mass is 32.2. The van der Waals surface area contributed by atoms with Gasteiger partial charge < -0.3 is 16.0 Å². The molecule has 2 unspecified atom stereocenters. The highest BCUT2D eigenvalue weighted by Gasteiger charge is 2.28. The van der Waals surface area contributed by atoms with Crippen LogP contribution in [0.15, 0.2) is 4.99 Å². The first-order chi connectivity index (χ1) is 11.1. The molecule has 1 saturated heterocycles. The van der Waals surface area contributed by atoms with Gasteiger partial charge in [0.15, 0.2) is 5.96 Å². The van der Waals surface area contributed by atoms with Crippen LogP contribution in [0.1, 0.15) is 32.6 Å². The number of nitrogens with zero attached hydrogens (tertiary/aromatic N) is 2. The van der Waals surface area contributed by atoms with Crippen LogP contribution in [0.5, 0.6) is 0 Å². The molecule has 3 amide bonds. The minimum atomic E-state index is -0.313. The number of amides is 3. The Balaban J connectivity index is 1.73. The number of imide groups is 1. The lowest BCUT2D eigenvalue weighted by atomic mass is 9.95. The van der Waals surface area contributed by atoms with E-state index in [0.717, 1.165) is 29.8 Å². The van der Waals surface area contributed by atoms with Crippen LogP contribution in [0.4, 0.5) is 4.79 Å². The molecule has 3 N–H and O–H groups in total. The number of guanidine groups is 1. The van der Waals surface area contributed by atoms with E-state index in [2.05, 4.69) is 27.9 Å².